The highest BCUT2D eigenvalue weighted by atomic mass is 16.2. The molecule has 0 saturated carbocycles. The molecule has 0 aromatic heterocycles. The van der Waals surface area contributed by atoms with Gasteiger partial charge in [-0.15, -0.1) is 0 Å². The van der Waals surface area contributed by atoms with Crippen LogP contribution in [0.15, 0.2) is 4.99 Å². The van der Waals surface area contributed by atoms with E-state index in [0.29, 0.717) is 24.4 Å². The molecule has 2 heterocycles. The first kappa shape index (κ1) is 22.0. The third-order valence-electron chi connectivity index (χ3n) is 6.17. The quantitative estimate of drug-likeness (QED) is 0.477. The fraction of sp³-hybridized carbons (Fsp3) is 0.905. The molecule has 1 amide bonds. The van der Waals surface area contributed by atoms with Crippen LogP contribution in [0.4, 0.5) is 0 Å². The summed E-state index contributed by atoms with van der Waals surface area (Å²) in [5.74, 6) is 1.87. The summed E-state index contributed by atoms with van der Waals surface area (Å²) in [5, 5.41) is 6.98. The van der Waals surface area contributed by atoms with Crippen molar-refractivity contribution < 1.29 is 4.79 Å². The molecule has 156 valence electrons. The van der Waals surface area contributed by atoms with E-state index in [1.807, 2.05) is 11.8 Å². The number of hydrogen-bond donors (Lipinski definition) is 2. The highest BCUT2D eigenvalue weighted by Gasteiger charge is 2.28. The fourth-order valence-electron chi connectivity index (χ4n) is 4.50. The van der Waals surface area contributed by atoms with Crippen LogP contribution in [0.1, 0.15) is 66.2 Å². The zero-order valence-corrected chi connectivity index (χ0v) is 18.0. The van der Waals surface area contributed by atoms with Crippen LogP contribution in [0.2, 0.25) is 0 Å². The van der Waals surface area contributed by atoms with Crippen molar-refractivity contribution in [3.05, 3.63) is 0 Å². The van der Waals surface area contributed by atoms with E-state index in [0.717, 1.165) is 38.6 Å². The lowest BCUT2D eigenvalue weighted by Gasteiger charge is -2.33. The largest absolute Gasteiger partial charge is 0.357 e. The Bertz CT molecular complexity index is 469. The predicted octanol–water partition coefficient (Wildman–Crippen LogP) is 2.45. The number of hydrogen-bond acceptors (Lipinski definition) is 3. The van der Waals surface area contributed by atoms with Crippen LogP contribution >= 0.6 is 0 Å². The molecule has 6 nitrogen and oxygen atoms in total. The predicted molar refractivity (Wildman–Crippen MR) is 113 cm³/mol. The van der Waals surface area contributed by atoms with E-state index in [1.165, 1.54) is 38.8 Å². The fourth-order valence-corrected chi connectivity index (χ4v) is 4.50. The number of guanidine groups is 1. The first-order valence-corrected chi connectivity index (χ1v) is 11.2. The second-order valence-electron chi connectivity index (χ2n) is 7.93. The molecule has 2 rings (SSSR count). The van der Waals surface area contributed by atoms with Crippen LogP contribution in [-0.2, 0) is 4.79 Å². The molecule has 6 heteroatoms. The molecule has 2 aliphatic rings. The maximum atomic E-state index is 11.9. The molecule has 2 saturated heterocycles. The number of carbonyl (C=O) groups excluding carboxylic acids is 1. The monoisotopic (exact) mass is 379 g/mol. The van der Waals surface area contributed by atoms with Crippen molar-refractivity contribution in [1.29, 1.82) is 0 Å². The molecule has 2 atom stereocenters. The summed E-state index contributed by atoms with van der Waals surface area (Å²) in [6.07, 6.45) is 6.66. The average Bonchev–Trinajstić information content (AvgIpc) is 3.36. The van der Waals surface area contributed by atoms with Gasteiger partial charge in [0.15, 0.2) is 5.96 Å². The van der Waals surface area contributed by atoms with Gasteiger partial charge in [0.25, 0.3) is 0 Å². The Morgan fingerprint density at radius 1 is 1.11 bits per heavy atom. The molecule has 2 fully saturated rings. The van der Waals surface area contributed by atoms with Crippen LogP contribution in [0.5, 0.6) is 0 Å². The van der Waals surface area contributed by atoms with Crippen LogP contribution < -0.4 is 10.6 Å². The van der Waals surface area contributed by atoms with Crippen molar-refractivity contribution in [2.75, 3.05) is 39.3 Å². The Morgan fingerprint density at radius 2 is 1.81 bits per heavy atom. The number of aliphatic imine (C=N–C) groups is 1. The molecule has 0 spiro atoms. The van der Waals surface area contributed by atoms with Gasteiger partial charge in [-0.25, -0.2) is 0 Å². The number of nitrogens with zero attached hydrogens (tertiary/aromatic N) is 3. The summed E-state index contributed by atoms with van der Waals surface area (Å²) in [7, 11) is 0. The van der Waals surface area contributed by atoms with Gasteiger partial charge in [0, 0.05) is 38.1 Å². The number of rotatable bonds is 9. The molecule has 0 radical (unpaired) electrons. The molecule has 2 unspecified atom stereocenters. The van der Waals surface area contributed by atoms with Crippen molar-refractivity contribution in [1.82, 2.24) is 20.4 Å². The summed E-state index contributed by atoms with van der Waals surface area (Å²) < 4.78 is 0. The number of likely N-dealkylation sites (tertiary alicyclic amines) is 2. The van der Waals surface area contributed by atoms with Gasteiger partial charge in [-0.05, 0) is 45.2 Å². The number of carbonyl (C=O) groups is 1. The Balaban J connectivity index is 1.98. The summed E-state index contributed by atoms with van der Waals surface area (Å²) in [5.41, 5.74) is 0. The number of nitrogens with one attached hydrogen (secondary N) is 2. The van der Waals surface area contributed by atoms with Crippen molar-refractivity contribution in [3.8, 4) is 0 Å². The van der Waals surface area contributed by atoms with Crippen LogP contribution in [0, 0.1) is 5.92 Å². The van der Waals surface area contributed by atoms with Gasteiger partial charge in [0.1, 0.15) is 0 Å². The van der Waals surface area contributed by atoms with Crippen molar-refractivity contribution in [2.24, 2.45) is 10.9 Å². The van der Waals surface area contributed by atoms with Crippen LogP contribution in [0.3, 0.4) is 0 Å². The molecule has 2 N–H and O–H groups in total. The molecule has 2 aliphatic heterocycles. The van der Waals surface area contributed by atoms with E-state index in [4.69, 9.17) is 4.99 Å². The summed E-state index contributed by atoms with van der Waals surface area (Å²) >= 11 is 0. The summed E-state index contributed by atoms with van der Waals surface area (Å²) in [4.78, 5) is 21.5. The van der Waals surface area contributed by atoms with E-state index in [-0.39, 0.29) is 5.91 Å². The molecule has 27 heavy (non-hydrogen) atoms. The first-order valence-electron chi connectivity index (χ1n) is 11.2. The zero-order valence-electron chi connectivity index (χ0n) is 18.0. The minimum atomic E-state index is 0.254. The standard InChI is InChI=1S/C21H41N5O/c1-5-17(6-2)19(25-12-9-10-13-25)15-23-21(22-8-4)24-18-11-14-26(16-18)20(27)7-3/h17-19H,5-16H2,1-4H3,(H2,22,23,24). The molecule has 0 aromatic carbocycles. The lowest BCUT2D eigenvalue weighted by molar-refractivity contribution is -0.129. The Labute approximate surface area is 166 Å². The smallest absolute Gasteiger partial charge is 0.222 e. The molecular weight excluding hydrogens is 338 g/mol. The third-order valence-corrected chi connectivity index (χ3v) is 6.17. The van der Waals surface area contributed by atoms with Gasteiger partial charge >= 0.3 is 0 Å². The van der Waals surface area contributed by atoms with E-state index in [9.17, 15) is 4.79 Å². The molecular formula is C21H41N5O. The van der Waals surface area contributed by atoms with Crippen LogP contribution in [0.25, 0.3) is 0 Å². The van der Waals surface area contributed by atoms with Crippen LogP contribution in [-0.4, -0.2) is 73.0 Å². The van der Waals surface area contributed by atoms with Gasteiger partial charge in [-0.3, -0.25) is 14.7 Å². The minimum absolute atomic E-state index is 0.254. The lowest BCUT2D eigenvalue weighted by atomic mass is 9.93. The second kappa shape index (κ2) is 11.5. The van der Waals surface area contributed by atoms with Gasteiger partial charge in [0.05, 0.1) is 6.54 Å². The van der Waals surface area contributed by atoms with Crippen molar-refractivity contribution in [2.45, 2.75) is 78.3 Å². The third kappa shape index (κ3) is 6.37. The molecule has 0 aromatic rings. The Kier molecular flexibility index (Phi) is 9.39. The Hall–Kier alpha value is -1.30. The summed E-state index contributed by atoms with van der Waals surface area (Å²) in [6, 6.07) is 0.844. The van der Waals surface area contributed by atoms with Crippen molar-refractivity contribution in [3.63, 3.8) is 0 Å². The van der Waals surface area contributed by atoms with Gasteiger partial charge in [-0.1, -0.05) is 33.6 Å². The van der Waals surface area contributed by atoms with Crippen molar-refractivity contribution >= 4 is 11.9 Å². The second-order valence-corrected chi connectivity index (χ2v) is 7.93. The molecule has 0 bridgehead atoms. The lowest BCUT2D eigenvalue weighted by Crippen LogP contribution is -2.46. The van der Waals surface area contributed by atoms with Gasteiger partial charge in [-0.2, -0.15) is 0 Å². The topological polar surface area (TPSA) is 60.0 Å². The highest BCUT2D eigenvalue weighted by molar-refractivity contribution is 5.80. The highest BCUT2D eigenvalue weighted by Crippen LogP contribution is 2.23. The van der Waals surface area contributed by atoms with E-state index in [2.05, 4.69) is 36.3 Å². The van der Waals surface area contributed by atoms with Gasteiger partial charge in [0.2, 0.25) is 5.91 Å². The maximum Gasteiger partial charge on any atom is 0.222 e. The first-order chi connectivity index (χ1) is 13.1. The normalized spacial score (nSPS) is 22.5. The van der Waals surface area contributed by atoms with E-state index >= 15 is 0 Å². The van der Waals surface area contributed by atoms with E-state index in [1.54, 1.807) is 0 Å². The zero-order chi connectivity index (χ0) is 19.6. The molecule has 0 aliphatic carbocycles. The Morgan fingerprint density at radius 3 is 2.41 bits per heavy atom. The van der Waals surface area contributed by atoms with Gasteiger partial charge < -0.3 is 15.5 Å². The van der Waals surface area contributed by atoms with E-state index < -0.39 is 0 Å². The average molecular weight is 380 g/mol. The number of amides is 1. The summed E-state index contributed by atoms with van der Waals surface area (Å²) in [6.45, 7) is 14.5. The maximum absolute atomic E-state index is 11.9. The minimum Gasteiger partial charge on any atom is -0.357 e. The SMILES string of the molecule is CCNC(=NCC(C(CC)CC)N1CCCC1)NC1CCN(C(=O)CC)C1.